The summed E-state index contributed by atoms with van der Waals surface area (Å²) in [5.74, 6) is 0.932. The van der Waals surface area contributed by atoms with Gasteiger partial charge in [-0.3, -0.25) is 4.40 Å². The molecule has 0 N–H and O–H groups in total. The second-order valence-electron chi connectivity index (χ2n) is 3.34. The molecule has 3 aromatic rings. The fraction of sp³-hybridized carbons (Fsp3) is 0.0909. The van der Waals surface area contributed by atoms with Gasteiger partial charge in [-0.2, -0.15) is 0 Å². The van der Waals surface area contributed by atoms with Gasteiger partial charge in [-0.25, -0.2) is 0 Å². The van der Waals surface area contributed by atoms with Crippen LogP contribution in [0.3, 0.4) is 0 Å². The van der Waals surface area contributed by atoms with Gasteiger partial charge in [-0.1, -0.05) is 34.1 Å². The largest absolute Gasteiger partial charge is 0.278 e. The highest BCUT2D eigenvalue weighted by Gasteiger charge is 2.06. The molecular weight excluding hydrogens is 254 g/mol. The maximum atomic E-state index is 4.13. The molecule has 0 aliphatic heterocycles. The molecule has 0 fully saturated rings. The Balaban J connectivity index is 2.56. The summed E-state index contributed by atoms with van der Waals surface area (Å²) in [6, 6.07) is 12.3. The third-order valence-corrected chi connectivity index (χ3v) is 2.97. The normalized spacial score (nSPS) is 11.3. The van der Waals surface area contributed by atoms with Crippen LogP contribution in [0.1, 0.15) is 5.82 Å². The third kappa shape index (κ3) is 1.25. The van der Waals surface area contributed by atoms with Crippen LogP contribution in [0.4, 0.5) is 0 Å². The lowest BCUT2D eigenvalue weighted by Crippen LogP contribution is -1.92. The van der Waals surface area contributed by atoms with Crippen LogP contribution in [-0.2, 0) is 5.33 Å². The lowest BCUT2D eigenvalue weighted by Gasteiger charge is -2.02. The van der Waals surface area contributed by atoms with Crippen molar-refractivity contribution in [1.29, 1.82) is 0 Å². The van der Waals surface area contributed by atoms with Crippen LogP contribution in [0.5, 0.6) is 0 Å². The third-order valence-electron chi connectivity index (χ3n) is 2.46. The van der Waals surface area contributed by atoms with Gasteiger partial charge in [0.1, 0.15) is 5.82 Å². The molecule has 2 aromatic heterocycles. The van der Waals surface area contributed by atoms with Gasteiger partial charge in [0.05, 0.1) is 10.8 Å². The zero-order chi connectivity index (χ0) is 10.3. The maximum Gasteiger partial charge on any atom is 0.161 e. The standard InChI is InChI=1S/C11H8BrN3/c12-7-11-14-13-10-6-5-8-3-1-2-4-9(8)15(10)11/h1-6H,7H2. The van der Waals surface area contributed by atoms with Crippen LogP contribution in [0.25, 0.3) is 16.6 Å². The number of rotatable bonds is 1. The summed E-state index contributed by atoms with van der Waals surface area (Å²) in [5, 5.41) is 10.2. The Bertz CT molecular complexity index is 630. The number of para-hydroxylation sites is 1. The molecule has 0 atom stereocenters. The SMILES string of the molecule is BrCc1nnc2ccc3ccccc3n12. The fourth-order valence-electron chi connectivity index (χ4n) is 1.78. The van der Waals surface area contributed by atoms with Gasteiger partial charge < -0.3 is 0 Å². The highest BCUT2D eigenvalue weighted by atomic mass is 79.9. The molecule has 0 aliphatic carbocycles. The first kappa shape index (κ1) is 8.85. The van der Waals surface area contributed by atoms with Gasteiger partial charge in [-0.05, 0) is 23.6 Å². The van der Waals surface area contributed by atoms with E-state index >= 15 is 0 Å². The van der Waals surface area contributed by atoms with E-state index < -0.39 is 0 Å². The molecule has 0 unspecified atom stereocenters. The summed E-state index contributed by atoms with van der Waals surface area (Å²) in [6.45, 7) is 0. The summed E-state index contributed by atoms with van der Waals surface area (Å²) in [4.78, 5) is 0. The molecule has 1 aromatic carbocycles. The first-order valence-electron chi connectivity index (χ1n) is 4.68. The van der Waals surface area contributed by atoms with Crippen molar-refractivity contribution in [1.82, 2.24) is 14.6 Å². The number of halogens is 1. The van der Waals surface area contributed by atoms with Crippen molar-refractivity contribution in [2.45, 2.75) is 5.33 Å². The van der Waals surface area contributed by atoms with Gasteiger partial charge in [0.2, 0.25) is 0 Å². The topological polar surface area (TPSA) is 30.2 Å². The van der Waals surface area contributed by atoms with E-state index in [1.165, 1.54) is 5.39 Å². The number of hydrogen-bond acceptors (Lipinski definition) is 2. The summed E-state index contributed by atoms with van der Waals surface area (Å²) < 4.78 is 2.07. The average Bonchev–Trinajstić information content (AvgIpc) is 2.72. The summed E-state index contributed by atoms with van der Waals surface area (Å²) in [6.07, 6.45) is 0. The second-order valence-corrected chi connectivity index (χ2v) is 3.90. The minimum absolute atomic E-state index is 0.710. The van der Waals surface area contributed by atoms with Crippen molar-refractivity contribution in [2.75, 3.05) is 0 Å². The number of alkyl halides is 1. The number of benzene rings is 1. The average molecular weight is 262 g/mol. The Morgan fingerprint density at radius 3 is 2.80 bits per heavy atom. The minimum Gasteiger partial charge on any atom is -0.278 e. The summed E-state index contributed by atoms with van der Waals surface area (Å²) >= 11 is 3.42. The number of nitrogens with zero attached hydrogens (tertiary/aromatic N) is 3. The Morgan fingerprint density at radius 2 is 1.93 bits per heavy atom. The van der Waals surface area contributed by atoms with E-state index in [0.717, 1.165) is 17.0 Å². The lowest BCUT2D eigenvalue weighted by molar-refractivity contribution is 1.01. The van der Waals surface area contributed by atoms with E-state index in [4.69, 9.17) is 0 Å². The summed E-state index contributed by atoms with van der Waals surface area (Å²) in [7, 11) is 0. The van der Waals surface area contributed by atoms with E-state index in [2.05, 4.69) is 48.7 Å². The van der Waals surface area contributed by atoms with Gasteiger partial charge in [-0.15, -0.1) is 10.2 Å². The van der Waals surface area contributed by atoms with Crippen molar-refractivity contribution in [3.63, 3.8) is 0 Å². The number of fused-ring (bicyclic) bond motifs is 3. The monoisotopic (exact) mass is 261 g/mol. The van der Waals surface area contributed by atoms with Gasteiger partial charge in [0, 0.05) is 0 Å². The van der Waals surface area contributed by atoms with Crippen LogP contribution in [0, 0.1) is 0 Å². The van der Waals surface area contributed by atoms with E-state index in [0.29, 0.717) is 5.33 Å². The molecule has 0 spiro atoms. The van der Waals surface area contributed by atoms with Crippen LogP contribution < -0.4 is 0 Å². The van der Waals surface area contributed by atoms with Crippen LogP contribution in [-0.4, -0.2) is 14.6 Å². The molecule has 0 saturated heterocycles. The zero-order valence-electron chi connectivity index (χ0n) is 7.89. The van der Waals surface area contributed by atoms with E-state index in [1.807, 2.05) is 18.2 Å². The predicted molar refractivity (Wildman–Crippen MR) is 63.1 cm³/mol. The molecule has 0 aliphatic rings. The van der Waals surface area contributed by atoms with Crippen LogP contribution >= 0.6 is 15.9 Å². The smallest absolute Gasteiger partial charge is 0.161 e. The van der Waals surface area contributed by atoms with Gasteiger partial charge in [0.15, 0.2) is 5.65 Å². The van der Waals surface area contributed by atoms with Crippen LogP contribution in [0.15, 0.2) is 36.4 Å². The molecule has 0 bridgehead atoms. The molecule has 15 heavy (non-hydrogen) atoms. The highest BCUT2D eigenvalue weighted by Crippen LogP contribution is 2.18. The molecule has 0 saturated carbocycles. The van der Waals surface area contributed by atoms with Gasteiger partial charge in [0.25, 0.3) is 0 Å². The number of aromatic nitrogens is 3. The highest BCUT2D eigenvalue weighted by molar-refractivity contribution is 9.08. The number of hydrogen-bond donors (Lipinski definition) is 0. The zero-order valence-corrected chi connectivity index (χ0v) is 9.48. The molecule has 4 heteroatoms. The fourth-order valence-corrected chi connectivity index (χ4v) is 2.15. The van der Waals surface area contributed by atoms with Crippen molar-refractivity contribution in [3.05, 3.63) is 42.2 Å². The lowest BCUT2D eigenvalue weighted by atomic mass is 10.2. The molecule has 3 nitrogen and oxygen atoms in total. The molecule has 0 amide bonds. The Morgan fingerprint density at radius 1 is 1.07 bits per heavy atom. The molecule has 2 heterocycles. The molecule has 74 valence electrons. The van der Waals surface area contributed by atoms with Gasteiger partial charge >= 0.3 is 0 Å². The predicted octanol–water partition coefficient (Wildman–Crippen LogP) is 2.78. The Kier molecular flexibility index (Phi) is 1.95. The van der Waals surface area contributed by atoms with Crippen molar-refractivity contribution >= 4 is 32.5 Å². The minimum atomic E-state index is 0.710. The molecule has 3 rings (SSSR count). The van der Waals surface area contributed by atoms with E-state index in [1.54, 1.807) is 0 Å². The van der Waals surface area contributed by atoms with E-state index in [9.17, 15) is 0 Å². The van der Waals surface area contributed by atoms with E-state index in [-0.39, 0.29) is 0 Å². The molecule has 0 radical (unpaired) electrons. The second kappa shape index (κ2) is 3.31. The Labute approximate surface area is 94.9 Å². The van der Waals surface area contributed by atoms with Crippen molar-refractivity contribution in [3.8, 4) is 0 Å². The first-order chi connectivity index (χ1) is 7.40. The maximum absolute atomic E-state index is 4.13. The Hall–Kier alpha value is -1.42. The quantitative estimate of drug-likeness (QED) is 0.631. The van der Waals surface area contributed by atoms with Crippen molar-refractivity contribution in [2.24, 2.45) is 0 Å². The first-order valence-corrected chi connectivity index (χ1v) is 5.80. The summed E-state index contributed by atoms with van der Waals surface area (Å²) in [5.41, 5.74) is 2.04. The van der Waals surface area contributed by atoms with Crippen LogP contribution in [0.2, 0.25) is 0 Å². The van der Waals surface area contributed by atoms with Crippen molar-refractivity contribution < 1.29 is 0 Å². The molecular formula is C11H8BrN3. The number of pyridine rings is 1.